The maximum Gasteiger partial charge on any atom is 0.122 e. The van der Waals surface area contributed by atoms with E-state index in [1.54, 1.807) is 6.20 Å². The van der Waals surface area contributed by atoms with Crippen LogP contribution in [0.15, 0.2) is 18.3 Å². The first-order chi connectivity index (χ1) is 9.58. The molecule has 0 aromatic carbocycles. The fourth-order valence-electron chi connectivity index (χ4n) is 3.56. The SMILES string of the molecule is NC(=S)c1cc(N2CCC3(O)CCCCC3C2)ccn1. The van der Waals surface area contributed by atoms with Crippen LogP contribution in [0.3, 0.4) is 0 Å². The quantitative estimate of drug-likeness (QED) is 0.814. The van der Waals surface area contributed by atoms with Crippen molar-refractivity contribution in [1.29, 1.82) is 0 Å². The van der Waals surface area contributed by atoms with Crippen LogP contribution in [0.5, 0.6) is 0 Å². The largest absolute Gasteiger partial charge is 0.389 e. The number of piperidine rings is 1. The van der Waals surface area contributed by atoms with Crippen LogP contribution in [0.1, 0.15) is 37.8 Å². The number of hydrogen-bond donors (Lipinski definition) is 2. The summed E-state index contributed by atoms with van der Waals surface area (Å²) in [6.45, 7) is 1.80. The molecule has 2 aliphatic rings. The molecule has 2 fully saturated rings. The van der Waals surface area contributed by atoms with Crippen molar-refractivity contribution in [3.05, 3.63) is 24.0 Å². The molecule has 0 radical (unpaired) electrons. The minimum absolute atomic E-state index is 0.332. The highest BCUT2D eigenvalue weighted by Crippen LogP contribution is 2.40. The Kier molecular flexibility index (Phi) is 3.65. The number of thiocarbonyl (C=S) groups is 1. The Hall–Kier alpha value is -1.20. The van der Waals surface area contributed by atoms with Gasteiger partial charge in [0.05, 0.1) is 11.3 Å². The molecule has 0 amide bonds. The Morgan fingerprint density at radius 3 is 3.10 bits per heavy atom. The van der Waals surface area contributed by atoms with Crippen molar-refractivity contribution in [2.45, 2.75) is 37.7 Å². The summed E-state index contributed by atoms with van der Waals surface area (Å²) in [7, 11) is 0. The lowest BCUT2D eigenvalue weighted by molar-refractivity contribution is -0.0612. The minimum Gasteiger partial charge on any atom is -0.389 e. The molecule has 108 valence electrons. The van der Waals surface area contributed by atoms with Crippen LogP contribution in [0.4, 0.5) is 5.69 Å². The van der Waals surface area contributed by atoms with E-state index in [1.165, 1.54) is 6.42 Å². The highest BCUT2D eigenvalue weighted by molar-refractivity contribution is 7.80. The van der Waals surface area contributed by atoms with Gasteiger partial charge in [-0.05, 0) is 31.4 Å². The molecule has 2 atom stereocenters. The van der Waals surface area contributed by atoms with E-state index < -0.39 is 5.60 Å². The standard InChI is InChI=1S/C15H21N3OS/c16-14(20)13-9-12(4-7-17-13)18-8-6-15(19)5-2-1-3-11(15)10-18/h4,7,9,11,19H,1-3,5-6,8,10H2,(H2,16,20). The molecular formula is C15H21N3OS. The van der Waals surface area contributed by atoms with Gasteiger partial charge in [0.1, 0.15) is 4.99 Å². The van der Waals surface area contributed by atoms with E-state index in [0.29, 0.717) is 16.6 Å². The highest BCUT2D eigenvalue weighted by atomic mass is 32.1. The van der Waals surface area contributed by atoms with Gasteiger partial charge in [-0.3, -0.25) is 4.98 Å². The van der Waals surface area contributed by atoms with Gasteiger partial charge in [0.2, 0.25) is 0 Å². The molecule has 1 aliphatic heterocycles. The summed E-state index contributed by atoms with van der Waals surface area (Å²) < 4.78 is 0. The third-order valence-electron chi connectivity index (χ3n) is 4.79. The molecule has 3 rings (SSSR count). The third-order valence-corrected chi connectivity index (χ3v) is 5.00. The summed E-state index contributed by atoms with van der Waals surface area (Å²) >= 11 is 4.99. The van der Waals surface area contributed by atoms with Crippen LogP contribution in [0, 0.1) is 5.92 Å². The lowest BCUT2D eigenvalue weighted by Crippen LogP contribution is -2.53. The Balaban J connectivity index is 1.79. The summed E-state index contributed by atoms with van der Waals surface area (Å²) in [6.07, 6.45) is 7.08. The van der Waals surface area contributed by atoms with Gasteiger partial charge in [-0.25, -0.2) is 0 Å². The predicted octanol–water partition coefficient (Wildman–Crippen LogP) is 1.85. The van der Waals surface area contributed by atoms with Crippen molar-refractivity contribution in [2.24, 2.45) is 11.7 Å². The van der Waals surface area contributed by atoms with Crippen LogP contribution in [-0.2, 0) is 0 Å². The molecule has 1 aromatic heterocycles. The fraction of sp³-hybridized carbons (Fsp3) is 0.600. The third kappa shape index (κ3) is 2.52. The van der Waals surface area contributed by atoms with Crippen molar-refractivity contribution in [3.63, 3.8) is 0 Å². The Bertz CT molecular complexity index is 522. The zero-order chi connectivity index (χ0) is 14.2. The van der Waals surface area contributed by atoms with Crippen LogP contribution >= 0.6 is 12.2 Å². The predicted molar refractivity (Wildman–Crippen MR) is 83.9 cm³/mol. The maximum atomic E-state index is 10.7. The van der Waals surface area contributed by atoms with Gasteiger partial charge in [-0.1, -0.05) is 25.1 Å². The topological polar surface area (TPSA) is 62.4 Å². The fourth-order valence-corrected chi connectivity index (χ4v) is 3.67. The lowest BCUT2D eigenvalue weighted by atomic mass is 9.71. The van der Waals surface area contributed by atoms with E-state index in [4.69, 9.17) is 18.0 Å². The summed E-state index contributed by atoms with van der Waals surface area (Å²) in [4.78, 5) is 6.85. The zero-order valence-electron chi connectivity index (χ0n) is 11.6. The van der Waals surface area contributed by atoms with Gasteiger partial charge in [0, 0.05) is 30.9 Å². The average molecular weight is 291 g/mol. The number of hydrogen-bond acceptors (Lipinski definition) is 4. The minimum atomic E-state index is -0.437. The second-order valence-corrected chi connectivity index (χ2v) is 6.45. The number of rotatable bonds is 2. The van der Waals surface area contributed by atoms with Crippen LogP contribution in [0.25, 0.3) is 0 Å². The van der Waals surface area contributed by atoms with E-state index in [-0.39, 0.29) is 0 Å². The highest BCUT2D eigenvalue weighted by Gasteiger charge is 2.42. The monoisotopic (exact) mass is 291 g/mol. The molecule has 1 saturated carbocycles. The lowest BCUT2D eigenvalue weighted by Gasteiger charge is -2.48. The normalized spacial score (nSPS) is 29.9. The van der Waals surface area contributed by atoms with Gasteiger partial charge in [-0.15, -0.1) is 0 Å². The number of aromatic nitrogens is 1. The van der Waals surface area contributed by atoms with Crippen molar-refractivity contribution in [1.82, 2.24) is 4.98 Å². The molecule has 1 aliphatic carbocycles. The number of fused-ring (bicyclic) bond motifs is 1. The second-order valence-electron chi connectivity index (χ2n) is 6.01. The van der Waals surface area contributed by atoms with E-state index in [0.717, 1.165) is 44.5 Å². The summed E-state index contributed by atoms with van der Waals surface area (Å²) in [6, 6.07) is 3.95. The number of anilines is 1. The van der Waals surface area contributed by atoms with Gasteiger partial charge >= 0.3 is 0 Å². The number of aliphatic hydroxyl groups is 1. The Morgan fingerprint density at radius 1 is 1.45 bits per heavy atom. The van der Waals surface area contributed by atoms with Crippen molar-refractivity contribution in [2.75, 3.05) is 18.0 Å². The molecule has 5 heteroatoms. The Labute approximate surface area is 125 Å². The zero-order valence-corrected chi connectivity index (χ0v) is 12.4. The number of pyridine rings is 1. The molecule has 1 aromatic rings. The van der Waals surface area contributed by atoms with Gasteiger partial charge in [0.15, 0.2) is 0 Å². The van der Waals surface area contributed by atoms with E-state index in [2.05, 4.69) is 9.88 Å². The van der Waals surface area contributed by atoms with E-state index >= 15 is 0 Å². The molecule has 2 heterocycles. The molecule has 3 N–H and O–H groups in total. The molecule has 2 unspecified atom stereocenters. The summed E-state index contributed by atoms with van der Waals surface area (Å²) in [5.74, 6) is 0.381. The smallest absolute Gasteiger partial charge is 0.122 e. The van der Waals surface area contributed by atoms with Crippen molar-refractivity contribution in [3.8, 4) is 0 Å². The van der Waals surface area contributed by atoms with Gasteiger partial charge in [0.25, 0.3) is 0 Å². The Morgan fingerprint density at radius 2 is 2.30 bits per heavy atom. The average Bonchev–Trinajstić information content (AvgIpc) is 2.46. The van der Waals surface area contributed by atoms with Crippen LogP contribution < -0.4 is 10.6 Å². The van der Waals surface area contributed by atoms with E-state index in [9.17, 15) is 5.11 Å². The number of nitrogens with zero attached hydrogens (tertiary/aromatic N) is 2. The van der Waals surface area contributed by atoms with E-state index in [1.807, 2.05) is 12.1 Å². The molecule has 1 saturated heterocycles. The van der Waals surface area contributed by atoms with Crippen molar-refractivity contribution >= 4 is 22.9 Å². The second kappa shape index (κ2) is 5.30. The summed E-state index contributed by atoms with van der Waals surface area (Å²) in [5.41, 5.74) is 6.99. The molecule has 4 nitrogen and oxygen atoms in total. The molecular weight excluding hydrogens is 270 g/mol. The number of nitrogens with two attached hydrogens (primary N) is 1. The summed E-state index contributed by atoms with van der Waals surface area (Å²) in [5, 5.41) is 10.7. The maximum absolute atomic E-state index is 10.7. The first-order valence-corrected chi connectivity index (χ1v) is 7.72. The molecule has 20 heavy (non-hydrogen) atoms. The van der Waals surface area contributed by atoms with Crippen LogP contribution in [0.2, 0.25) is 0 Å². The van der Waals surface area contributed by atoms with Crippen molar-refractivity contribution < 1.29 is 5.11 Å². The van der Waals surface area contributed by atoms with Crippen LogP contribution in [-0.4, -0.2) is 33.8 Å². The van der Waals surface area contributed by atoms with Gasteiger partial charge < -0.3 is 15.7 Å². The van der Waals surface area contributed by atoms with Gasteiger partial charge in [-0.2, -0.15) is 0 Å². The molecule has 0 bridgehead atoms. The first kappa shape index (κ1) is 13.8. The first-order valence-electron chi connectivity index (χ1n) is 7.32. The molecule has 0 spiro atoms.